The molecule has 47 heavy (non-hydrogen) atoms. The first-order valence-corrected chi connectivity index (χ1v) is 17.3. The molecule has 4 fully saturated rings. The van der Waals surface area contributed by atoms with E-state index >= 15 is 0 Å². The van der Waals surface area contributed by atoms with Crippen LogP contribution in [0.2, 0.25) is 0 Å². The lowest BCUT2D eigenvalue weighted by atomic mass is 9.42. The normalized spacial score (nSPS) is 24.7. The van der Waals surface area contributed by atoms with E-state index in [1.807, 2.05) is 0 Å². The van der Waals surface area contributed by atoms with Crippen LogP contribution in [0.15, 0.2) is 140 Å². The van der Waals surface area contributed by atoms with Gasteiger partial charge in [0.15, 0.2) is 0 Å². The molecule has 228 valence electrons. The van der Waals surface area contributed by atoms with Crippen LogP contribution in [0.25, 0.3) is 50.0 Å². The third kappa shape index (κ3) is 4.25. The predicted octanol–water partition coefficient (Wildman–Crippen LogP) is 10.7. The van der Waals surface area contributed by atoms with Crippen molar-refractivity contribution in [2.24, 2.45) is 11.8 Å². The van der Waals surface area contributed by atoms with Gasteiger partial charge >= 0.3 is 0 Å². The van der Waals surface area contributed by atoms with Crippen LogP contribution >= 0.6 is 0 Å². The van der Waals surface area contributed by atoms with Crippen molar-refractivity contribution in [3.63, 3.8) is 0 Å². The molecule has 2 heterocycles. The van der Waals surface area contributed by atoms with Crippen molar-refractivity contribution in [2.75, 3.05) is 0 Å². The summed E-state index contributed by atoms with van der Waals surface area (Å²) in [6.07, 6.45) is 7.43. The maximum atomic E-state index is 5.46. The molecule has 3 nitrogen and oxygen atoms in total. The number of rotatable bonds is 5. The fraction of sp³-hybridized carbons (Fsp3) is 0.227. The van der Waals surface area contributed by atoms with Gasteiger partial charge in [-0.2, -0.15) is 0 Å². The highest BCUT2D eigenvalue weighted by Gasteiger charge is 2.60. The first-order chi connectivity index (χ1) is 23.2. The minimum absolute atomic E-state index is 0.00853. The lowest BCUT2D eigenvalue weighted by Crippen LogP contribution is -2.56. The van der Waals surface area contributed by atoms with Crippen molar-refractivity contribution in [3.05, 3.63) is 151 Å². The molecule has 3 heteroatoms. The van der Waals surface area contributed by atoms with E-state index in [4.69, 9.17) is 9.97 Å². The van der Waals surface area contributed by atoms with Gasteiger partial charge in [0.1, 0.15) is 5.82 Å². The topological polar surface area (TPSA) is 30.7 Å². The lowest BCUT2D eigenvalue weighted by molar-refractivity contribution is -0.0317. The SMILES string of the molecule is c1ccc(-c2cc(-c3ccccc3)nc(C34CC5CC(CC(c6ccc7c(c6)c6ccccc6n7-c6ccccc6)(C5)C3)C4)n2)cc1. The van der Waals surface area contributed by atoms with Crippen LogP contribution in [0, 0.1) is 11.8 Å². The van der Waals surface area contributed by atoms with Crippen molar-refractivity contribution < 1.29 is 0 Å². The number of nitrogens with zero attached hydrogens (tertiary/aromatic N) is 3. The predicted molar refractivity (Wildman–Crippen MR) is 192 cm³/mol. The van der Waals surface area contributed by atoms with E-state index in [1.165, 1.54) is 65.2 Å². The zero-order chi connectivity index (χ0) is 31.0. The smallest absolute Gasteiger partial charge is 0.135 e. The molecule has 4 aliphatic carbocycles. The highest BCUT2D eigenvalue weighted by atomic mass is 15.0. The highest BCUT2D eigenvalue weighted by molar-refractivity contribution is 6.09. The molecule has 0 spiro atoms. The molecule has 0 amide bonds. The van der Waals surface area contributed by atoms with Crippen molar-refractivity contribution >= 4 is 21.8 Å². The van der Waals surface area contributed by atoms with Crippen LogP contribution in [0.5, 0.6) is 0 Å². The number of benzene rings is 5. The molecule has 0 saturated heterocycles. The van der Waals surface area contributed by atoms with Gasteiger partial charge in [-0.3, -0.25) is 0 Å². The molecular weight excluding hydrogens is 571 g/mol. The van der Waals surface area contributed by atoms with Gasteiger partial charge in [0.2, 0.25) is 0 Å². The van der Waals surface area contributed by atoms with Crippen molar-refractivity contribution in [1.29, 1.82) is 0 Å². The summed E-state index contributed by atoms with van der Waals surface area (Å²) < 4.78 is 2.43. The second kappa shape index (κ2) is 10.2. The Labute approximate surface area is 276 Å². The molecule has 4 saturated carbocycles. The second-order valence-corrected chi connectivity index (χ2v) is 14.6. The number of fused-ring (bicyclic) bond motifs is 3. The molecule has 4 bridgehead atoms. The monoisotopic (exact) mass is 607 g/mol. The maximum Gasteiger partial charge on any atom is 0.135 e. The molecule has 4 aliphatic rings. The summed E-state index contributed by atoms with van der Waals surface area (Å²) in [5.74, 6) is 2.49. The standard InChI is InChI=1S/C44H37N3/c1-4-12-32(13-5-1)38-24-39(33-14-6-2-7-15-33)46-42(45-38)44-27-30-22-31(28-44)26-43(25-30,29-44)34-20-21-41-37(23-34)36-18-10-11-19-40(36)47(41)35-16-8-3-9-17-35/h1-21,23-24,30-31H,22,25-29H2. The fourth-order valence-corrected chi connectivity index (χ4v) is 10.2. The Morgan fingerprint density at radius 3 is 1.72 bits per heavy atom. The van der Waals surface area contributed by atoms with Gasteiger partial charge in [0.05, 0.1) is 22.4 Å². The van der Waals surface area contributed by atoms with E-state index in [2.05, 4.69) is 144 Å². The van der Waals surface area contributed by atoms with Gasteiger partial charge in [-0.1, -0.05) is 103 Å². The highest BCUT2D eigenvalue weighted by Crippen LogP contribution is 2.66. The summed E-state index contributed by atoms with van der Waals surface area (Å²) in [5.41, 5.74) is 9.81. The lowest BCUT2D eigenvalue weighted by Gasteiger charge is -2.62. The van der Waals surface area contributed by atoms with Gasteiger partial charge in [-0.15, -0.1) is 0 Å². The van der Waals surface area contributed by atoms with Crippen LogP contribution < -0.4 is 0 Å². The molecular formula is C44H37N3. The van der Waals surface area contributed by atoms with Crippen LogP contribution in [-0.2, 0) is 10.8 Å². The van der Waals surface area contributed by atoms with E-state index in [9.17, 15) is 0 Å². The third-order valence-corrected chi connectivity index (χ3v) is 11.7. The summed E-state index contributed by atoms with van der Waals surface area (Å²) in [5, 5.41) is 2.69. The molecule has 0 radical (unpaired) electrons. The Kier molecular flexibility index (Phi) is 5.91. The molecule has 0 aliphatic heterocycles. The molecule has 2 unspecified atom stereocenters. The minimum Gasteiger partial charge on any atom is -0.309 e. The first kappa shape index (κ1) is 27.1. The summed E-state index contributed by atoms with van der Waals surface area (Å²) in [6.45, 7) is 0. The number of hydrogen-bond donors (Lipinski definition) is 0. The quantitative estimate of drug-likeness (QED) is 0.195. The molecule has 5 aromatic carbocycles. The van der Waals surface area contributed by atoms with E-state index < -0.39 is 0 Å². The Morgan fingerprint density at radius 2 is 1.06 bits per heavy atom. The number of hydrogen-bond acceptors (Lipinski definition) is 2. The van der Waals surface area contributed by atoms with Gasteiger partial charge in [0, 0.05) is 33.0 Å². The van der Waals surface area contributed by atoms with Gasteiger partial charge in [-0.25, -0.2) is 9.97 Å². The summed E-state index contributed by atoms with van der Waals surface area (Å²) in [7, 11) is 0. The summed E-state index contributed by atoms with van der Waals surface area (Å²) in [6, 6.07) is 50.7. The molecule has 0 N–H and O–H groups in total. The van der Waals surface area contributed by atoms with E-state index in [1.54, 1.807) is 0 Å². The van der Waals surface area contributed by atoms with Crippen molar-refractivity contribution in [2.45, 2.75) is 49.4 Å². The maximum absolute atomic E-state index is 5.46. The average molecular weight is 608 g/mol. The molecule has 2 atom stereocenters. The van der Waals surface area contributed by atoms with E-state index in [0.29, 0.717) is 11.8 Å². The largest absolute Gasteiger partial charge is 0.309 e. The van der Waals surface area contributed by atoms with Crippen LogP contribution in [0.1, 0.15) is 49.9 Å². The fourth-order valence-electron chi connectivity index (χ4n) is 10.2. The number of para-hydroxylation sites is 2. The van der Waals surface area contributed by atoms with Crippen molar-refractivity contribution in [1.82, 2.24) is 14.5 Å². The van der Waals surface area contributed by atoms with Gasteiger partial charge in [0.25, 0.3) is 0 Å². The van der Waals surface area contributed by atoms with Crippen LogP contribution in [0.4, 0.5) is 0 Å². The van der Waals surface area contributed by atoms with Gasteiger partial charge in [-0.05, 0) is 97.7 Å². The van der Waals surface area contributed by atoms with Crippen molar-refractivity contribution in [3.8, 4) is 28.2 Å². The zero-order valence-electron chi connectivity index (χ0n) is 26.5. The first-order valence-electron chi connectivity index (χ1n) is 17.3. The Bertz CT molecular complexity index is 2200. The summed E-state index contributed by atoms with van der Waals surface area (Å²) >= 11 is 0. The Balaban J connectivity index is 1.13. The minimum atomic E-state index is -0.00853. The van der Waals surface area contributed by atoms with Crippen LogP contribution in [-0.4, -0.2) is 14.5 Å². The molecule has 11 rings (SSSR count). The average Bonchev–Trinajstić information content (AvgIpc) is 3.46. The third-order valence-electron chi connectivity index (χ3n) is 11.7. The Hall–Kier alpha value is -5.02. The molecule has 2 aromatic heterocycles. The summed E-state index contributed by atoms with van der Waals surface area (Å²) in [4.78, 5) is 10.9. The second-order valence-electron chi connectivity index (χ2n) is 14.6. The van der Waals surface area contributed by atoms with Gasteiger partial charge < -0.3 is 4.57 Å². The molecule has 7 aromatic rings. The van der Waals surface area contributed by atoms with E-state index in [0.717, 1.165) is 34.8 Å². The number of aromatic nitrogens is 3. The zero-order valence-corrected chi connectivity index (χ0v) is 26.5. The van der Waals surface area contributed by atoms with E-state index in [-0.39, 0.29) is 10.8 Å². The van der Waals surface area contributed by atoms with Crippen LogP contribution in [0.3, 0.4) is 0 Å². The Morgan fingerprint density at radius 1 is 0.511 bits per heavy atom.